The Labute approximate surface area is 129 Å². The van der Waals surface area contributed by atoms with E-state index in [4.69, 9.17) is 4.74 Å². The molecule has 1 aliphatic heterocycles. The minimum absolute atomic E-state index is 0.0259. The number of aromatic nitrogens is 1. The van der Waals surface area contributed by atoms with E-state index in [1.807, 2.05) is 12.1 Å². The predicted octanol–water partition coefficient (Wildman–Crippen LogP) is 1.05. The lowest BCUT2D eigenvalue weighted by atomic mass is 9.95. The first-order valence-corrected chi connectivity index (χ1v) is 8.62. The van der Waals surface area contributed by atoms with Gasteiger partial charge in [0.15, 0.2) is 0 Å². The quantitative estimate of drug-likeness (QED) is 0.878. The highest BCUT2D eigenvalue weighted by Crippen LogP contribution is 2.23. The van der Waals surface area contributed by atoms with Gasteiger partial charge in [-0.15, -0.1) is 0 Å². The predicted molar refractivity (Wildman–Crippen MR) is 81.9 cm³/mol. The number of hydrogen-bond acceptors (Lipinski definition) is 5. The van der Waals surface area contributed by atoms with Crippen LogP contribution >= 0.6 is 0 Å². The Kier molecular flexibility index (Phi) is 4.14. The van der Waals surface area contributed by atoms with Crippen molar-refractivity contribution in [3.63, 3.8) is 0 Å². The van der Waals surface area contributed by atoms with Gasteiger partial charge in [-0.1, -0.05) is 18.2 Å². The molecule has 3 rings (SSSR count). The first kappa shape index (κ1) is 15.4. The molecule has 0 atom stereocenters. The van der Waals surface area contributed by atoms with Crippen LogP contribution in [0, 0.1) is 0 Å². The molecule has 1 aliphatic rings. The van der Waals surface area contributed by atoms with Gasteiger partial charge in [0, 0.05) is 44.2 Å². The molecule has 22 heavy (non-hydrogen) atoms. The second kappa shape index (κ2) is 5.92. The van der Waals surface area contributed by atoms with Crippen molar-refractivity contribution in [3.05, 3.63) is 36.5 Å². The fourth-order valence-electron chi connectivity index (χ4n) is 2.53. The lowest BCUT2D eigenvalue weighted by Gasteiger charge is -2.32. The van der Waals surface area contributed by atoms with Gasteiger partial charge in [0.2, 0.25) is 10.0 Å². The van der Waals surface area contributed by atoms with Gasteiger partial charge in [-0.05, 0) is 12.1 Å². The smallest absolute Gasteiger partial charge is 0.242 e. The number of nitrogens with zero attached hydrogens (tertiary/aromatic N) is 1. The molecule has 1 saturated heterocycles. The number of para-hydroxylation sites is 1. The van der Waals surface area contributed by atoms with Crippen molar-refractivity contribution in [2.45, 2.75) is 23.3 Å². The standard InChI is InChI=1S/C15H18N2O4S/c18-15(6-9-21-10-7-15)11-17-22(19,20)13-5-1-3-12-4-2-8-16-14(12)13/h1-5,8,17-18H,6-7,9-11H2. The molecule has 7 heteroatoms. The summed E-state index contributed by atoms with van der Waals surface area (Å²) < 4.78 is 32.8. The fourth-order valence-corrected chi connectivity index (χ4v) is 3.83. The van der Waals surface area contributed by atoms with Crippen molar-refractivity contribution in [2.75, 3.05) is 19.8 Å². The van der Waals surface area contributed by atoms with Crippen molar-refractivity contribution in [2.24, 2.45) is 0 Å². The Hall–Kier alpha value is -1.54. The number of aliphatic hydroxyl groups is 1. The largest absolute Gasteiger partial charge is 0.388 e. The van der Waals surface area contributed by atoms with Gasteiger partial charge in [-0.3, -0.25) is 4.98 Å². The molecular formula is C15H18N2O4S. The van der Waals surface area contributed by atoms with E-state index in [9.17, 15) is 13.5 Å². The van der Waals surface area contributed by atoms with Crippen LogP contribution in [-0.4, -0.2) is 43.9 Å². The molecule has 0 aliphatic carbocycles. The zero-order chi connectivity index (χ0) is 15.6. The average molecular weight is 322 g/mol. The number of pyridine rings is 1. The molecule has 118 valence electrons. The number of ether oxygens (including phenoxy) is 1. The molecule has 6 nitrogen and oxygen atoms in total. The van der Waals surface area contributed by atoms with Gasteiger partial charge >= 0.3 is 0 Å². The van der Waals surface area contributed by atoms with E-state index in [0.717, 1.165) is 5.39 Å². The second-order valence-electron chi connectivity index (χ2n) is 5.49. The third kappa shape index (κ3) is 3.12. The Morgan fingerprint density at radius 1 is 1.23 bits per heavy atom. The molecule has 2 N–H and O–H groups in total. The first-order chi connectivity index (χ1) is 10.5. The molecule has 0 spiro atoms. The lowest BCUT2D eigenvalue weighted by Crippen LogP contribution is -2.46. The van der Waals surface area contributed by atoms with Crippen LogP contribution in [0.15, 0.2) is 41.4 Å². The summed E-state index contributed by atoms with van der Waals surface area (Å²) in [6, 6.07) is 8.59. The zero-order valence-electron chi connectivity index (χ0n) is 12.0. The normalized spacial score (nSPS) is 18.4. The lowest BCUT2D eigenvalue weighted by molar-refractivity contribution is -0.0588. The van der Waals surface area contributed by atoms with Crippen LogP contribution < -0.4 is 4.72 Å². The topological polar surface area (TPSA) is 88.5 Å². The highest BCUT2D eigenvalue weighted by Gasteiger charge is 2.31. The Morgan fingerprint density at radius 3 is 2.73 bits per heavy atom. The van der Waals surface area contributed by atoms with E-state index in [2.05, 4.69) is 9.71 Å². The minimum Gasteiger partial charge on any atom is -0.388 e. The van der Waals surface area contributed by atoms with Crippen LogP contribution in [0.5, 0.6) is 0 Å². The number of rotatable bonds is 4. The van der Waals surface area contributed by atoms with Crippen molar-refractivity contribution in [3.8, 4) is 0 Å². The molecule has 1 aromatic heterocycles. The summed E-state index contributed by atoms with van der Waals surface area (Å²) in [4.78, 5) is 4.28. The molecule has 0 bridgehead atoms. The van der Waals surface area contributed by atoms with E-state index in [-0.39, 0.29) is 11.4 Å². The molecule has 0 amide bonds. The summed E-state index contributed by atoms with van der Waals surface area (Å²) in [5.41, 5.74) is -0.625. The van der Waals surface area contributed by atoms with Gasteiger partial charge in [-0.25, -0.2) is 13.1 Å². The molecular weight excluding hydrogens is 304 g/mol. The molecule has 0 unspecified atom stereocenters. The third-order valence-electron chi connectivity index (χ3n) is 3.90. The van der Waals surface area contributed by atoms with Crippen molar-refractivity contribution < 1.29 is 18.3 Å². The first-order valence-electron chi connectivity index (χ1n) is 7.14. The van der Waals surface area contributed by atoms with Gasteiger partial charge < -0.3 is 9.84 Å². The van der Waals surface area contributed by atoms with Gasteiger partial charge in [-0.2, -0.15) is 0 Å². The zero-order valence-corrected chi connectivity index (χ0v) is 12.8. The molecule has 2 heterocycles. The molecule has 2 aromatic rings. The Morgan fingerprint density at radius 2 is 1.95 bits per heavy atom. The SMILES string of the molecule is O=S(=O)(NCC1(O)CCOCC1)c1cccc2cccnc12. The summed E-state index contributed by atoms with van der Waals surface area (Å²) in [5, 5.41) is 11.1. The highest BCUT2D eigenvalue weighted by atomic mass is 32.2. The van der Waals surface area contributed by atoms with E-state index in [1.165, 1.54) is 6.07 Å². The van der Waals surface area contributed by atoms with Crippen molar-refractivity contribution in [1.82, 2.24) is 9.71 Å². The van der Waals surface area contributed by atoms with Crippen molar-refractivity contribution >= 4 is 20.9 Å². The van der Waals surface area contributed by atoms with E-state index < -0.39 is 15.6 Å². The van der Waals surface area contributed by atoms with Crippen LogP contribution in [0.25, 0.3) is 10.9 Å². The van der Waals surface area contributed by atoms with Crippen LogP contribution in [0.4, 0.5) is 0 Å². The summed E-state index contributed by atoms with van der Waals surface area (Å²) in [6.45, 7) is 0.851. The monoisotopic (exact) mass is 322 g/mol. The maximum absolute atomic E-state index is 12.5. The number of hydrogen-bond donors (Lipinski definition) is 2. The van der Waals surface area contributed by atoms with Gasteiger partial charge in [0.05, 0.1) is 11.1 Å². The number of benzene rings is 1. The summed E-state index contributed by atoms with van der Waals surface area (Å²) in [7, 11) is -3.74. The Balaban J connectivity index is 1.86. The molecule has 1 fully saturated rings. The maximum atomic E-state index is 12.5. The minimum atomic E-state index is -3.74. The van der Waals surface area contributed by atoms with Gasteiger partial charge in [0.25, 0.3) is 0 Å². The Bertz CT molecular complexity index is 765. The summed E-state index contributed by atoms with van der Waals surface area (Å²) in [6.07, 6.45) is 2.40. The van der Waals surface area contributed by atoms with Crippen LogP contribution in [-0.2, 0) is 14.8 Å². The molecule has 0 radical (unpaired) electrons. The van der Waals surface area contributed by atoms with Crippen LogP contribution in [0.2, 0.25) is 0 Å². The third-order valence-corrected chi connectivity index (χ3v) is 5.33. The summed E-state index contributed by atoms with van der Waals surface area (Å²) in [5.74, 6) is 0. The molecule has 1 aromatic carbocycles. The maximum Gasteiger partial charge on any atom is 0.242 e. The summed E-state index contributed by atoms with van der Waals surface area (Å²) >= 11 is 0. The van der Waals surface area contributed by atoms with E-state index in [1.54, 1.807) is 18.3 Å². The average Bonchev–Trinajstić information content (AvgIpc) is 2.53. The fraction of sp³-hybridized carbons (Fsp3) is 0.400. The second-order valence-corrected chi connectivity index (χ2v) is 7.23. The van der Waals surface area contributed by atoms with E-state index in [0.29, 0.717) is 31.6 Å². The van der Waals surface area contributed by atoms with E-state index >= 15 is 0 Å². The number of nitrogens with one attached hydrogen (secondary N) is 1. The number of fused-ring (bicyclic) bond motifs is 1. The van der Waals surface area contributed by atoms with Crippen LogP contribution in [0.1, 0.15) is 12.8 Å². The molecule has 0 saturated carbocycles. The van der Waals surface area contributed by atoms with Crippen molar-refractivity contribution in [1.29, 1.82) is 0 Å². The van der Waals surface area contributed by atoms with Gasteiger partial charge in [0.1, 0.15) is 4.90 Å². The number of sulfonamides is 1. The highest BCUT2D eigenvalue weighted by molar-refractivity contribution is 7.89. The van der Waals surface area contributed by atoms with Crippen LogP contribution in [0.3, 0.4) is 0 Å².